The van der Waals surface area contributed by atoms with Crippen LogP contribution in [0.5, 0.6) is 0 Å². The van der Waals surface area contributed by atoms with Gasteiger partial charge in [0, 0.05) is 25.2 Å². The van der Waals surface area contributed by atoms with Crippen LogP contribution in [0, 0.1) is 0 Å². The van der Waals surface area contributed by atoms with Gasteiger partial charge in [-0.2, -0.15) is 0 Å². The minimum atomic E-state index is -0.936. The number of unbranched alkanes of at least 4 members (excludes halogenated alkanes) is 15. The Kier molecular flexibility index (Phi) is 15.5. The highest BCUT2D eigenvalue weighted by Gasteiger charge is 2.32. The van der Waals surface area contributed by atoms with Crippen LogP contribution in [0.15, 0.2) is 0 Å². The van der Waals surface area contributed by atoms with Crippen LogP contribution in [0.3, 0.4) is 0 Å². The lowest BCUT2D eigenvalue weighted by Crippen LogP contribution is -2.31. The lowest BCUT2D eigenvalue weighted by molar-refractivity contribution is -0.305. The number of hydroxylamine groups is 2. The Morgan fingerprint density at radius 1 is 0.613 bits per heavy atom. The quantitative estimate of drug-likeness (QED) is 0.207. The van der Waals surface area contributed by atoms with Crippen molar-refractivity contribution in [1.82, 2.24) is 5.06 Å². The molecule has 1 aliphatic rings. The first kappa shape index (κ1) is 27.1. The van der Waals surface area contributed by atoms with Gasteiger partial charge in [-0.1, -0.05) is 89.9 Å². The van der Waals surface area contributed by atoms with E-state index in [-0.39, 0.29) is 25.7 Å². The molecule has 0 aromatic rings. The van der Waals surface area contributed by atoms with Gasteiger partial charge in [-0.05, 0) is 19.3 Å². The van der Waals surface area contributed by atoms with Crippen molar-refractivity contribution in [3.63, 3.8) is 0 Å². The third kappa shape index (κ3) is 14.7. The number of hydrogen-bond donors (Lipinski definition) is 0. The summed E-state index contributed by atoms with van der Waals surface area (Å²) >= 11 is 0. The zero-order chi connectivity index (χ0) is 22.7. The second-order valence-electron chi connectivity index (χ2n) is 8.57. The van der Waals surface area contributed by atoms with Crippen LogP contribution >= 0.6 is 0 Å². The van der Waals surface area contributed by atoms with Gasteiger partial charge in [-0.3, -0.25) is 9.59 Å². The van der Waals surface area contributed by atoms with E-state index in [2.05, 4.69) is 0 Å². The Labute approximate surface area is 186 Å². The predicted molar refractivity (Wildman–Crippen MR) is 115 cm³/mol. The molecule has 0 saturated carbocycles. The smallest absolute Gasteiger partial charge is 0.333 e. The second kappa shape index (κ2) is 17.7. The Morgan fingerprint density at radius 2 is 0.935 bits per heavy atom. The highest BCUT2D eigenvalue weighted by Crippen LogP contribution is 2.16. The second-order valence-corrected chi connectivity index (χ2v) is 8.57. The summed E-state index contributed by atoms with van der Waals surface area (Å²) in [5.41, 5.74) is 0. The van der Waals surface area contributed by atoms with E-state index in [4.69, 9.17) is 4.84 Å². The zero-order valence-corrected chi connectivity index (χ0v) is 19.0. The van der Waals surface area contributed by atoms with Crippen molar-refractivity contribution in [2.75, 3.05) is 0 Å². The minimum absolute atomic E-state index is 0.127. The fourth-order valence-corrected chi connectivity index (χ4v) is 3.82. The van der Waals surface area contributed by atoms with Crippen molar-refractivity contribution in [1.29, 1.82) is 0 Å². The molecule has 2 amide bonds. The van der Waals surface area contributed by atoms with Crippen LogP contribution in [0.1, 0.15) is 128 Å². The fraction of sp³-hybridized carbons (Fsp3) is 0.833. The van der Waals surface area contributed by atoms with Gasteiger partial charge in [-0.25, -0.2) is 4.79 Å². The number of nitrogens with zero attached hydrogens (tertiary/aromatic N) is 1. The summed E-state index contributed by atoms with van der Waals surface area (Å²) in [5.74, 6) is -2.29. The summed E-state index contributed by atoms with van der Waals surface area (Å²) in [5, 5.41) is 10.9. The van der Waals surface area contributed by atoms with Crippen LogP contribution in [0.2, 0.25) is 0 Å². The SMILES string of the molecule is O=C([O-])CCCCCCCCCCCCCCCCCCC(=O)ON1C(=O)CCC1=O. The van der Waals surface area contributed by atoms with Crippen molar-refractivity contribution in [2.45, 2.75) is 128 Å². The number of carboxylic acid groups (broad SMARTS) is 1. The molecule has 7 nitrogen and oxygen atoms in total. The van der Waals surface area contributed by atoms with Crippen LogP contribution in [-0.4, -0.2) is 28.8 Å². The monoisotopic (exact) mass is 438 g/mol. The maximum Gasteiger partial charge on any atom is 0.333 e. The predicted octanol–water partition coefficient (Wildman–Crippen LogP) is 4.37. The fourth-order valence-electron chi connectivity index (χ4n) is 3.82. The summed E-state index contributed by atoms with van der Waals surface area (Å²) in [4.78, 5) is 49.6. The van der Waals surface area contributed by atoms with E-state index >= 15 is 0 Å². The van der Waals surface area contributed by atoms with Crippen LogP contribution in [-0.2, 0) is 24.0 Å². The molecule has 0 unspecified atom stereocenters. The molecule has 1 heterocycles. The van der Waals surface area contributed by atoms with Gasteiger partial charge in [0.1, 0.15) is 0 Å². The van der Waals surface area contributed by atoms with Gasteiger partial charge < -0.3 is 14.7 Å². The number of carbonyl (C=O) groups is 4. The van der Waals surface area contributed by atoms with Gasteiger partial charge in [0.15, 0.2) is 0 Å². The first-order valence-corrected chi connectivity index (χ1v) is 12.3. The molecule has 0 spiro atoms. The molecule has 0 N–H and O–H groups in total. The number of amides is 2. The molecular weight excluding hydrogens is 398 g/mol. The number of aliphatic carboxylic acids is 1. The first-order chi connectivity index (χ1) is 15.0. The highest BCUT2D eigenvalue weighted by atomic mass is 16.7. The number of carboxylic acids is 1. The molecule has 0 atom stereocenters. The van der Waals surface area contributed by atoms with Crippen molar-refractivity contribution in [3.8, 4) is 0 Å². The Morgan fingerprint density at radius 3 is 1.29 bits per heavy atom. The molecule has 0 radical (unpaired) electrons. The van der Waals surface area contributed by atoms with Gasteiger partial charge in [0.2, 0.25) is 0 Å². The lowest BCUT2D eigenvalue weighted by Gasteiger charge is -2.12. The van der Waals surface area contributed by atoms with Crippen molar-refractivity contribution in [2.24, 2.45) is 0 Å². The Hall–Kier alpha value is -1.92. The van der Waals surface area contributed by atoms with E-state index in [1.807, 2.05) is 0 Å². The third-order valence-corrected chi connectivity index (χ3v) is 5.71. The van der Waals surface area contributed by atoms with E-state index in [1.165, 1.54) is 64.2 Å². The maximum absolute atomic E-state index is 11.7. The summed E-state index contributed by atoms with van der Waals surface area (Å²) < 4.78 is 0. The molecule has 7 heteroatoms. The molecule has 0 bridgehead atoms. The molecule has 0 aromatic carbocycles. The molecule has 1 saturated heterocycles. The largest absolute Gasteiger partial charge is 0.550 e. The van der Waals surface area contributed by atoms with Gasteiger partial charge in [0.25, 0.3) is 11.8 Å². The van der Waals surface area contributed by atoms with E-state index in [0.29, 0.717) is 5.06 Å². The van der Waals surface area contributed by atoms with Crippen LogP contribution in [0.25, 0.3) is 0 Å². The van der Waals surface area contributed by atoms with Gasteiger partial charge >= 0.3 is 5.97 Å². The van der Waals surface area contributed by atoms with Crippen molar-refractivity contribution < 1.29 is 29.1 Å². The van der Waals surface area contributed by atoms with E-state index < -0.39 is 23.8 Å². The average Bonchev–Trinajstić information content (AvgIpc) is 3.04. The molecule has 31 heavy (non-hydrogen) atoms. The molecule has 178 valence electrons. The van der Waals surface area contributed by atoms with Crippen molar-refractivity contribution >= 4 is 23.8 Å². The van der Waals surface area contributed by atoms with Gasteiger partial charge in [0.05, 0.1) is 0 Å². The standard InChI is InChI=1S/C24H41NO6/c26-21-19-20-22(27)25(21)31-24(30)18-16-14-12-10-8-6-4-2-1-3-5-7-9-11-13-15-17-23(28)29/h1-20H2,(H,28,29)/p-1. The Balaban J connectivity index is 1.76. The average molecular weight is 439 g/mol. The summed E-state index contributed by atoms with van der Waals surface area (Å²) in [7, 11) is 0. The number of imide groups is 1. The molecule has 0 aromatic heterocycles. The Bertz CT molecular complexity index is 532. The van der Waals surface area contributed by atoms with E-state index in [9.17, 15) is 24.3 Å². The van der Waals surface area contributed by atoms with Crippen LogP contribution in [0.4, 0.5) is 0 Å². The normalized spacial score (nSPS) is 13.7. The summed E-state index contributed by atoms with van der Waals surface area (Å²) in [6.45, 7) is 0. The summed E-state index contributed by atoms with van der Waals surface area (Å²) in [6.07, 6.45) is 18.9. The number of hydrogen-bond acceptors (Lipinski definition) is 6. The highest BCUT2D eigenvalue weighted by molar-refractivity contribution is 6.01. The zero-order valence-electron chi connectivity index (χ0n) is 19.0. The first-order valence-electron chi connectivity index (χ1n) is 12.3. The van der Waals surface area contributed by atoms with Crippen LogP contribution < -0.4 is 5.11 Å². The molecule has 0 aliphatic carbocycles. The van der Waals surface area contributed by atoms with Gasteiger partial charge in [-0.15, -0.1) is 5.06 Å². The summed E-state index contributed by atoms with van der Waals surface area (Å²) in [6, 6.07) is 0. The molecule has 1 aliphatic heterocycles. The third-order valence-electron chi connectivity index (χ3n) is 5.71. The topological polar surface area (TPSA) is 104 Å². The number of rotatable bonds is 20. The lowest BCUT2D eigenvalue weighted by atomic mass is 10.0. The molecule has 1 rings (SSSR count). The number of carbonyl (C=O) groups excluding carboxylic acids is 4. The minimum Gasteiger partial charge on any atom is -0.550 e. The maximum atomic E-state index is 11.7. The van der Waals surface area contributed by atoms with E-state index in [0.717, 1.165) is 38.5 Å². The molecule has 1 fully saturated rings. The molecular formula is C24H40NO6-. The van der Waals surface area contributed by atoms with Crippen molar-refractivity contribution in [3.05, 3.63) is 0 Å². The van der Waals surface area contributed by atoms with E-state index in [1.54, 1.807) is 0 Å².